The summed E-state index contributed by atoms with van der Waals surface area (Å²) < 4.78 is 4.88. The molecule has 0 aliphatic heterocycles. The van der Waals surface area contributed by atoms with Crippen LogP contribution >= 0.6 is 27.3 Å². The minimum atomic E-state index is 0.0577. The number of nitrogens with one attached hydrogen (secondary N) is 1. The summed E-state index contributed by atoms with van der Waals surface area (Å²) in [6.45, 7) is 7.21. The van der Waals surface area contributed by atoms with E-state index in [1.807, 2.05) is 16.3 Å². The lowest BCUT2D eigenvalue weighted by molar-refractivity contribution is 0.420. The summed E-state index contributed by atoms with van der Waals surface area (Å²) in [5.74, 6) is 0.874. The highest BCUT2D eigenvalue weighted by molar-refractivity contribution is 9.10. The molecule has 0 atom stereocenters. The predicted molar refractivity (Wildman–Crippen MR) is 84.5 cm³/mol. The van der Waals surface area contributed by atoms with E-state index in [0.29, 0.717) is 0 Å². The first-order chi connectivity index (χ1) is 9.44. The van der Waals surface area contributed by atoms with Crippen molar-refractivity contribution < 1.29 is 0 Å². The maximum absolute atomic E-state index is 4.68. The van der Waals surface area contributed by atoms with Gasteiger partial charge in [-0.05, 0) is 36.7 Å². The number of rotatable bonds is 3. The Bertz CT molecular complexity index is 733. The van der Waals surface area contributed by atoms with E-state index in [1.54, 1.807) is 17.5 Å². The molecule has 0 unspecified atom stereocenters. The van der Waals surface area contributed by atoms with Gasteiger partial charge in [-0.2, -0.15) is 10.1 Å². The topological polar surface area (TPSA) is 47.2 Å². The highest BCUT2D eigenvalue weighted by Gasteiger charge is 2.18. The highest BCUT2D eigenvalue weighted by Crippen LogP contribution is 2.22. The van der Waals surface area contributed by atoms with Crippen LogP contribution in [0.1, 0.15) is 26.5 Å². The van der Waals surface area contributed by atoms with E-state index < -0.39 is 0 Å². The molecule has 3 aromatic rings. The van der Waals surface area contributed by atoms with E-state index in [-0.39, 0.29) is 5.54 Å². The van der Waals surface area contributed by atoms with E-state index >= 15 is 0 Å². The summed E-state index contributed by atoms with van der Waals surface area (Å²) >= 11 is 5.06. The van der Waals surface area contributed by atoms with Crippen LogP contribution in [0.3, 0.4) is 0 Å². The number of fused-ring (bicyclic) bond motifs is 1. The van der Waals surface area contributed by atoms with Gasteiger partial charge in [-0.15, -0.1) is 11.3 Å². The fourth-order valence-corrected chi connectivity index (χ4v) is 2.95. The van der Waals surface area contributed by atoms with Crippen molar-refractivity contribution in [3.63, 3.8) is 0 Å². The lowest BCUT2D eigenvalue weighted by Crippen LogP contribution is -2.35. The van der Waals surface area contributed by atoms with Crippen molar-refractivity contribution in [3.05, 3.63) is 34.1 Å². The summed E-state index contributed by atoms with van der Waals surface area (Å²) in [4.78, 5) is 5.66. The molecule has 3 heterocycles. The van der Waals surface area contributed by atoms with Crippen molar-refractivity contribution in [2.45, 2.75) is 32.9 Å². The third kappa shape index (κ3) is 2.65. The third-order valence-corrected chi connectivity index (χ3v) is 4.06. The van der Waals surface area contributed by atoms with E-state index in [4.69, 9.17) is 0 Å². The van der Waals surface area contributed by atoms with Crippen LogP contribution in [0.5, 0.6) is 0 Å². The average molecular weight is 354 g/mol. The SMILES string of the molecule is CC(C)(C)NCc1c(-n2cc(Br)cn2)nc2sccn12. The van der Waals surface area contributed by atoms with Crippen molar-refractivity contribution in [2.24, 2.45) is 0 Å². The molecule has 1 N–H and O–H groups in total. The Labute approximate surface area is 129 Å². The van der Waals surface area contributed by atoms with Crippen LogP contribution in [-0.2, 0) is 6.54 Å². The number of nitrogens with zero attached hydrogens (tertiary/aromatic N) is 4. The van der Waals surface area contributed by atoms with Gasteiger partial charge < -0.3 is 5.32 Å². The minimum absolute atomic E-state index is 0.0577. The Hall–Kier alpha value is -1.18. The van der Waals surface area contributed by atoms with Gasteiger partial charge in [0, 0.05) is 29.9 Å². The van der Waals surface area contributed by atoms with Gasteiger partial charge in [-0.25, -0.2) is 4.68 Å². The number of hydrogen-bond acceptors (Lipinski definition) is 4. The monoisotopic (exact) mass is 353 g/mol. The molecule has 7 heteroatoms. The van der Waals surface area contributed by atoms with Crippen molar-refractivity contribution in [1.82, 2.24) is 24.5 Å². The zero-order valence-corrected chi connectivity index (χ0v) is 14.0. The number of halogens is 1. The Morgan fingerprint density at radius 3 is 2.85 bits per heavy atom. The van der Waals surface area contributed by atoms with Gasteiger partial charge in [-0.1, -0.05) is 0 Å². The molecule has 0 amide bonds. The van der Waals surface area contributed by atoms with Crippen molar-refractivity contribution in [2.75, 3.05) is 0 Å². The second-order valence-corrected chi connectivity index (χ2v) is 7.43. The van der Waals surface area contributed by atoms with Gasteiger partial charge in [0.25, 0.3) is 0 Å². The Balaban J connectivity index is 2.04. The first-order valence-electron chi connectivity index (χ1n) is 6.34. The standard InChI is InChI=1S/C13H16BrN5S/c1-13(2,3)15-7-10-11(19-8-9(14)6-16-19)17-12-18(10)4-5-20-12/h4-6,8,15H,7H2,1-3H3. The van der Waals surface area contributed by atoms with Gasteiger partial charge >= 0.3 is 0 Å². The normalized spacial score (nSPS) is 12.4. The molecular weight excluding hydrogens is 338 g/mol. The van der Waals surface area contributed by atoms with Crippen LogP contribution in [0.15, 0.2) is 28.4 Å². The van der Waals surface area contributed by atoms with Gasteiger partial charge in [-0.3, -0.25) is 4.40 Å². The molecular formula is C13H16BrN5S. The smallest absolute Gasteiger partial charge is 0.196 e. The van der Waals surface area contributed by atoms with Crippen LogP contribution in [0.25, 0.3) is 10.8 Å². The van der Waals surface area contributed by atoms with Gasteiger partial charge in [0.1, 0.15) is 0 Å². The van der Waals surface area contributed by atoms with E-state index in [1.165, 1.54) is 0 Å². The molecule has 0 aliphatic rings. The van der Waals surface area contributed by atoms with Gasteiger partial charge in [0.05, 0.1) is 16.4 Å². The fourth-order valence-electron chi connectivity index (χ4n) is 1.93. The van der Waals surface area contributed by atoms with Crippen molar-refractivity contribution >= 4 is 32.2 Å². The summed E-state index contributed by atoms with van der Waals surface area (Å²) in [5, 5.41) is 9.90. The Morgan fingerprint density at radius 1 is 1.40 bits per heavy atom. The molecule has 0 spiro atoms. The molecule has 0 saturated heterocycles. The largest absolute Gasteiger partial charge is 0.306 e. The molecule has 0 bridgehead atoms. The van der Waals surface area contributed by atoms with E-state index in [2.05, 4.69) is 62.7 Å². The molecule has 0 aromatic carbocycles. The number of aromatic nitrogens is 4. The molecule has 0 radical (unpaired) electrons. The fraction of sp³-hybridized carbons (Fsp3) is 0.385. The summed E-state index contributed by atoms with van der Waals surface area (Å²) in [7, 11) is 0. The molecule has 20 heavy (non-hydrogen) atoms. The maximum atomic E-state index is 4.68. The zero-order chi connectivity index (χ0) is 14.3. The molecule has 3 aromatic heterocycles. The summed E-state index contributed by atoms with van der Waals surface area (Å²) in [5.41, 5.74) is 1.18. The number of thiazole rings is 1. The first-order valence-corrected chi connectivity index (χ1v) is 8.01. The lowest BCUT2D eigenvalue weighted by atomic mass is 10.1. The molecule has 0 aliphatic carbocycles. The second kappa shape index (κ2) is 4.98. The summed E-state index contributed by atoms with van der Waals surface area (Å²) in [6, 6.07) is 0. The van der Waals surface area contributed by atoms with Crippen LogP contribution in [0.4, 0.5) is 0 Å². The molecule has 3 rings (SSSR count). The third-order valence-electron chi connectivity index (χ3n) is 2.89. The zero-order valence-electron chi connectivity index (χ0n) is 11.6. The Kier molecular flexibility index (Phi) is 3.43. The predicted octanol–water partition coefficient (Wildman–Crippen LogP) is 3.23. The first kappa shape index (κ1) is 13.8. The molecule has 5 nitrogen and oxygen atoms in total. The van der Waals surface area contributed by atoms with Gasteiger partial charge in [0.2, 0.25) is 0 Å². The van der Waals surface area contributed by atoms with E-state index in [0.717, 1.165) is 27.5 Å². The number of imidazole rings is 1. The quantitative estimate of drug-likeness (QED) is 0.786. The van der Waals surface area contributed by atoms with Crippen LogP contribution in [0, 0.1) is 0 Å². The van der Waals surface area contributed by atoms with Crippen LogP contribution < -0.4 is 5.32 Å². The second-order valence-electron chi connectivity index (χ2n) is 5.64. The van der Waals surface area contributed by atoms with Gasteiger partial charge in [0.15, 0.2) is 10.8 Å². The van der Waals surface area contributed by atoms with E-state index in [9.17, 15) is 0 Å². The van der Waals surface area contributed by atoms with Crippen molar-refractivity contribution in [1.29, 1.82) is 0 Å². The van der Waals surface area contributed by atoms with Crippen molar-refractivity contribution in [3.8, 4) is 5.82 Å². The summed E-state index contributed by atoms with van der Waals surface area (Å²) in [6.07, 6.45) is 5.75. The number of hydrogen-bond donors (Lipinski definition) is 1. The Morgan fingerprint density at radius 2 is 2.20 bits per heavy atom. The molecule has 0 fully saturated rings. The lowest BCUT2D eigenvalue weighted by Gasteiger charge is -2.20. The van der Waals surface area contributed by atoms with Crippen LogP contribution in [0.2, 0.25) is 0 Å². The molecule has 0 saturated carbocycles. The average Bonchev–Trinajstić information content (AvgIpc) is 2.99. The highest BCUT2D eigenvalue weighted by atomic mass is 79.9. The maximum Gasteiger partial charge on any atom is 0.196 e. The van der Waals surface area contributed by atoms with Crippen LogP contribution in [-0.4, -0.2) is 24.7 Å². The molecule has 106 valence electrons. The minimum Gasteiger partial charge on any atom is -0.306 e.